The summed E-state index contributed by atoms with van der Waals surface area (Å²) in [6, 6.07) is 0. The molecule has 0 heterocycles. The lowest BCUT2D eigenvalue weighted by atomic mass is 10.6. The summed E-state index contributed by atoms with van der Waals surface area (Å²) in [5.41, 5.74) is 0. The third-order valence-corrected chi connectivity index (χ3v) is 2.95. The second kappa shape index (κ2) is 4.49. The van der Waals surface area contributed by atoms with Gasteiger partial charge in [0, 0.05) is 6.16 Å². The van der Waals surface area contributed by atoms with Gasteiger partial charge in [0.15, 0.2) is 0 Å². The predicted octanol–water partition coefficient (Wildman–Crippen LogP) is 0.683. The lowest BCUT2D eigenvalue weighted by Crippen LogP contribution is -2.08. The van der Waals surface area contributed by atoms with E-state index < -0.39 is 19.5 Å². The Hall–Kier alpha value is -0.380. The average molecular weight is 182 g/mol. The number of hydrogen-bond donors (Lipinski definition) is 2. The zero-order valence-electron chi connectivity index (χ0n) is 6.19. The Morgan fingerprint density at radius 2 is 2.18 bits per heavy atom. The van der Waals surface area contributed by atoms with E-state index in [0.717, 1.165) is 0 Å². The van der Waals surface area contributed by atoms with Crippen molar-refractivity contribution < 1.29 is 24.4 Å². The Balaban J connectivity index is 3.91. The topological polar surface area (TPSA) is 83.8 Å². The fourth-order valence-electron chi connectivity index (χ4n) is 0.659. The van der Waals surface area contributed by atoms with E-state index in [1.807, 2.05) is 0 Å². The SMILES string of the molecule is CCCP(=O)(O)CC(=O)OO. The van der Waals surface area contributed by atoms with Gasteiger partial charge >= 0.3 is 5.97 Å². The largest absolute Gasteiger partial charge is 0.351 e. The molecule has 0 aromatic heterocycles. The van der Waals surface area contributed by atoms with E-state index in [0.29, 0.717) is 6.42 Å². The summed E-state index contributed by atoms with van der Waals surface area (Å²) in [6.07, 6.45) is -0.0219. The van der Waals surface area contributed by atoms with Crippen molar-refractivity contribution >= 4 is 13.3 Å². The van der Waals surface area contributed by atoms with Crippen LogP contribution in [0, 0.1) is 0 Å². The second-order valence-electron chi connectivity index (χ2n) is 2.19. The van der Waals surface area contributed by atoms with Crippen molar-refractivity contribution in [2.75, 3.05) is 12.3 Å². The molecule has 0 bridgehead atoms. The average Bonchev–Trinajstić information content (AvgIpc) is 1.86. The number of carbonyl (C=O) groups excluding carboxylic acids is 1. The van der Waals surface area contributed by atoms with Crippen molar-refractivity contribution in [2.24, 2.45) is 0 Å². The molecule has 1 unspecified atom stereocenters. The minimum atomic E-state index is -3.40. The molecule has 0 saturated heterocycles. The molecule has 0 radical (unpaired) electrons. The minimum absolute atomic E-state index is 0.0715. The van der Waals surface area contributed by atoms with Crippen LogP contribution in [0.3, 0.4) is 0 Å². The first-order valence-corrected chi connectivity index (χ1v) is 5.20. The quantitative estimate of drug-likeness (QED) is 0.379. The van der Waals surface area contributed by atoms with Crippen LogP contribution in [0.2, 0.25) is 0 Å². The lowest BCUT2D eigenvalue weighted by Gasteiger charge is -2.06. The van der Waals surface area contributed by atoms with Crippen molar-refractivity contribution in [3.8, 4) is 0 Å². The molecule has 0 aliphatic heterocycles. The van der Waals surface area contributed by atoms with Gasteiger partial charge in [-0.1, -0.05) is 6.92 Å². The Labute approximate surface area is 64.4 Å². The summed E-state index contributed by atoms with van der Waals surface area (Å²) in [5, 5.41) is 7.78. The van der Waals surface area contributed by atoms with E-state index >= 15 is 0 Å². The zero-order chi connectivity index (χ0) is 8.91. The predicted molar refractivity (Wildman–Crippen MR) is 38.6 cm³/mol. The first-order chi connectivity index (χ1) is 5.02. The van der Waals surface area contributed by atoms with Gasteiger partial charge in [0.1, 0.15) is 6.16 Å². The molecule has 0 fully saturated rings. The van der Waals surface area contributed by atoms with Gasteiger partial charge in [0.05, 0.1) is 0 Å². The minimum Gasteiger partial charge on any atom is -0.344 e. The van der Waals surface area contributed by atoms with Gasteiger partial charge in [-0.25, -0.2) is 4.79 Å². The van der Waals surface area contributed by atoms with Crippen LogP contribution in [-0.4, -0.2) is 28.4 Å². The summed E-state index contributed by atoms with van der Waals surface area (Å²) < 4.78 is 10.9. The van der Waals surface area contributed by atoms with Gasteiger partial charge in [-0.3, -0.25) is 4.57 Å². The Kier molecular flexibility index (Phi) is 4.33. The smallest absolute Gasteiger partial charge is 0.344 e. The van der Waals surface area contributed by atoms with Crippen LogP contribution in [0.25, 0.3) is 0 Å². The van der Waals surface area contributed by atoms with Crippen LogP contribution in [0.15, 0.2) is 0 Å². The molecule has 0 amide bonds. The normalized spacial score (nSPS) is 15.5. The van der Waals surface area contributed by atoms with E-state index in [1.54, 1.807) is 6.92 Å². The summed E-state index contributed by atoms with van der Waals surface area (Å²) >= 11 is 0. The van der Waals surface area contributed by atoms with E-state index in [1.165, 1.54) is 0 Å². The molecule has 66 valence electrons. The van der Waals surface area contributed by atoms with Crippen molar-refractivity contribution in [3.05, 3.63) is 0 Å². The van der Waals surface area contributed by atoms with Gasteiger partial charge < -0.3 is 9.78 Å². The van der Waals surface area contributed by atoms with Crippen LogP contribution >= 0.6 is 7.37 Å². The highest BCUT2D eigenvalue weighted by Crippen LogP contribution is 2.40. The molecule has 0 rings (SSSR count). The van der Waals surface area contributed by atoms with Gasteiger partial charge in [-0.05, 0) is 6.42 Å². The van der Waals surface area contributed by atoms with E-state index in [9.17, 15) is 9.36 Å². The van der Waals surface area contributed by atoms with Crippen molar-refractivity contribution in [1.82, 2.24) is 0 Å². The number of carbonyl (C=O) groups is 1. The molecule has 0 spiro atoms. The fourth-order valence-corrected chi connectivity index (χ4v) is 1.98. The van der Waals surface area contributed by atoms with E-state index in [4.69, 9.17) is 10.2 Å². The fraction of sp³-hybridized carbons (Fsp3) is 0.800. The van der Waals surface area contributed by atoms with Crippen LogP contribution < -0.4 is 0 Å². The molecule has 0 aromatic rings. The molecule has 0 aromatic carbocycles. The maximum absolute atomic E-state index is 10.9. The first-order valence-electron chi connectivity index (χ1n) is 3.17. The van der Waals surface area contributed by atoms with Gasteiger partial charge in [0.25, 0.3) is 0 Å². The van der Waals surface area contributed by atoms with E-state index in [2.05, 4.69) is 4.89 Å². The molecular formula is C5H11O5P. The molecule has 0 saturated carbocycles. The molecule has 2 N–H and O–H groups in total. The van der Waals surface area contributed by atoms with Gasteiger partial charge in [-0.2, -0.15) is 5.26 Å². The maximum Gasteiger partial charge on any atom is 0.351 e. The maximum atomic E-state index is 10.9. The van der Waals surface area contributed by atoms with Crippen molar-refractivity contribution in [2.45, 2.75) is 13.3 Å². The van der Waals surface area contributed by atoms with Crippen LogP contribution in [-0.2, 0) is 14.2 Å². The second-order valence-corrected chi connectivity index (χ2v) is 4.65. The van der Waals surface area contributed by atoms with E-state index in [-0.39, 0.29) is 6.16 Å². The molecule has 11 heavy (non-hydrogen) atoms. The third kappa shape index (κ3) is 4.95. The van der Waals surface area contributed by atoms with Crippen LogP contribution in [0.4, 0.5) is 0 Å². The first kappa shape index (κ1) is 10.6. The van der Waals surface area contributed by atoms with Gasteiger partial charge in [0.2, 0.25) is 7.37 Å². The summed E-state index contributed by atoms with van der Waals surface area (Å²) in [4.78, 5) is 22.5. The summed E-state index contributed by atoms with van der Waals surface area (Å²) in [6.45, 7) is 1.73. The van der Waals surface area contributed by atoms with Crippen LogP contribution in [0.5, 0.6) is 0 Å². The van der Waals surface area contributed by atoms with Crippen LogP contribution in [0.1, 0.15) is 13.3 Å². The highest BCUT2D eigenvalue weighted by molar-refractivity contribution is 7.58. The van der Waals surface area contributed by atoms with Crippen molar-refractivity contribution in [1.29, 1.82) is 0 Å². The highest BCUT2D eigenvalue weighted by atomic mass is 31.2. The van der Waals surface area contributed by atoms with Gasteiger partial charge in [-0.15, -0.1) is 0 Å². The zero-order valence-corrected chi connectivity index (χ0v) is 7.08. The Morgan fingerprint density at radius 3 is 2.55 bits per heavy atom. The summed E-state index contributed by atoms with van der Waals surface area (Å²) in [5.74, 6) is -1.07. The third-order valence-electron chi connectivity index (χ3n) is 1.05. The highest BCUT2D eigenvalue weighted by Gasteiger charge is 2.22. The lowest BCUT2D eigenvalue weighted by molar-refractivity contribution is -0.231. The molecule has 0 aliphatic rings. The Bertz CT molecular complexity index is 178. The molecular weight excluding hydrogens is 171 g/mol. The molecule has 5 nitrogen and oxygen atoms in total. The standard InChI is InChI=1S/C5H11O5P/c1-2-3-11(8,9)4-5(6)10-7/h7H,2-4H2,1H3,(H,8,9). The molecule has 1 atom stereocenters. The van der Waals surface area contributed by atoms with Crippen molar-refractivity contribution in [3.63, 3.8) is 0 Å². The Morgan fingerprint density at radius 1 is 1.64 bits per heavy atom. The molecule has 0 aliphatic carbocycles. The number of rotatable bonds is 4. The number of hydrogen-bond acceptors (Lipinski definition) is 4. The monoisotopic (exact) mass is 182 g/mol. The molecule has 6 heteroatoms. The summed E-state index contributed by atoms with van der Waals surface area (Å²) in [7, 11) is -3.40.